The summed E-state index contributed by atoms with van der Waals surface area (Å²) < 4.78 is 50.1. The Morgan fingerprint density at radius 2 is 2.00 bits per heavy atom. The van der Waals surface area contributed by atoms with Crippen LogP contribution < -0.4 is 10.1 Å². The molecule has 0 unspecified atom stereocenters. The summed E-state index contributed by atoms with van der Waals surface area (Å²) in [4.78, 5) is 8.80. The molecule has 0 saturated carbocycles. The minimum absolute atomic E-state index is 0.0691. The van der Waals surface area contributed by atoms with Gasteiger partial charge in [0.15, 0.2) is 5.96 Å². The number of alkyl halides is 3. The number of aliphatic imine (C=N–C) groups is 1. The number of aromatic nitrogens is 1. The van der Waals surface area contributed by atoms with Crippen LogP contribution in [0.1, 0.15) is 23.7 Å². The van der Waals surface area contributed by atoms with Gasteiger partial charge in [0.25, 0.3) is 0 Å². The quantitative estimate of drug-likeness (QED) is 0.567. The molecular weight excluding hydrogens is 399 g/mol. The summed E-state index contributed by atoms with van der Waals surface area (Å²) in [5.41, 5.74) is 0.269. The van der Waals surface area contributed by atoms with Gasteiger partial charge >= 0.3 is 6.18 Å². The van der Waals surface area contributed by atoms with Gasteiger partial charge in [-0.05, 0) is 24.6 Å². The molecule has 0 atom stereocenters. The van der Waals surface area contributed by atoms with Gasteiger partial charge in [0, 0.05) is 45.3 Å². The summed E-state index contributed by atoms with van der Waals surface area (Å²) in [6.07, 6.45) is -2.92. The topological polar surface area (TPSA) is 66.1 Å². The molecule has 1 N–H and O–H groups in total. The molecule has 0 aliphatic carbocycles. The Hall–Kier alpha value is -2.75. The van der Waals surface area contributed by atoms with E-state index in [2.05, 4.69) is 25.3 Å². The Bertz CT molecular complexity index is 831. The molecule has 1 aromatic heterocycles. The van der Waals surface area contributed by atoms with Crippen molar-refractivity contribution >= 4 is 5.96 Å². The molecule has 0 bridgehead atoms. The first kappa shape index (κ1) is 21.9. The van der Waals surface area contributed by atoms with Gasteiger partial charge < -0.3 is 19.5 Å². The van der Waals surface area contributed by atoms with Gasteiger partial charge in [-0.3, -0.25) is 4.90 Å². The fraction of sp³-hybridized carbons (Fsp3) is 0.500. The van der Waals surface area contributed by atoms with E-state index in [0.717, 1.165) is 37.9 Å². The van der Waals surface area contributed by atoms with Crippen LogP contribution in [0.4, 0.5) is 13.2 Å². The highest BCUT2D eigenvalue weighted by atomic mass is 19.4. The number of piperazine rings is 1. The summed E-state index contributed by atoms with van der Waals surface area (Å²) in [7, 11) is 1.35. The van der Waals surface area contributed by atoms with Crippen LogP contribution in [0.25, 0.3) is 0 Å². The minimum Gasteiger partial charge on any atom is -0.497 e. The largest absolute Gasteiger partial charge is 0.497 e. The average Bonchev–Trinajstić information content (AvgIpc) is 3.24. The standard InChI is InChI=1S/C20H26F3N5O2/c1-3-24-19(28-9-7-27(8-10-28)14-16-6-11-30-26-16)25-13-15-4-5-17(29-2)12-18(15)20(21,22)23/h4-6,11-12H,3,7-10,13-14H2,1-2H3,(H,24,25). The summed E-state index contributed by atoms with van der Waals surface area (Å²) >= 11 is 0. The molecule has 2 aromatic rings. The van der Waals surface area contributed by atoms with Crippen LogP contribution in [0.5, 0.6) is 5.75 Å². The maximum Gasteiger partial charge on any atom is 0.416 e. The van der Waals surface area contributed by atoms with E-state index < -0.39 is 11.7 Å². The molecule has 164 valence electrons. The van der Waals surface area contributed by atoms with E-state index in [1.54, 1.807) is 6.26 Å². The molecule has 3 rings (SSSR count). The molecule has 1 fully saturated rings. The second-order valence-electron chi connectivity index (χ2n) is 6.94. The second kappa shape index (κ2) is 9.84. The zero-order valence-electron chi connectivity index (χ0n) is 17.1. The van der Waals surface area contributed by atoms with E-state index in [0.29, 0.717) is 19.0 Å². The van der Waals surface area contributed by atoms with Crippen LogP contribution >= 0.6 is 0 Å². The monoisotopic (exact) mass is 425 g/mol. The zero-order chi connectivity index (χ0) is 21.6. The molecular formula is C20H26F3N5O2. The van der Waals surface area contributed by atoms with Crippen molar-refractivity contribution in [2.24, 2.45) is 4.99 Å². The number of hydrogen-bond acceptors (Lipinski definition) is 5. The minimum atomic E-state index is -4.47. The van der Waals surface area contributed by atoms with Gasteiger partial charge in [-0.15, -0.1) is 0 Å². The normalized spacial score (nSPS) is 16.0. The summed E-state index contributed by atoms with van der Waals surface area (Å²) in [5, 5.41) is 7.12. The Morgan fingerprint density at radius 3 is 2.60 bits per heavy atom. The summed E-state index contributed by atoms with van der Waals surface area (Å²) in [6.45, 7) is 6.24. The van der Waals surface area contributed by atoms with Crippen LogP contribution in [-0.2, 0) is 19.3 Å². The number of rotatable bonds is 6. The smallest absolute Gasteiger partial charge is 0.416 e. The van der Waals surface area contributed by atoms with Crippen molar-refractivity contribution in [3.8, 4) is 5.75 Å². The van der Waals surface area contributed by atoms with Crippen molar-refractivity contribution in [3.63, 3.8) is 0 Å². The van der Waals surface area contributed by atoms with Crippen molar-refractivity contribution in [2.75, 3.05) is 39.8 Å². The number of halogens is 3. The van der Waals surface area contributed by atoms with Crippen molar-refractivity contribution in [3.05, 3.63) is 47.3 Å². The predicted molar refractivity (Wildman–Crippen MR) is 106 cm³/mol. The zero-order valence-corrected chi connectivity index (χ0v) is 17.1. The maximum absolute atomic E-state index is 13.4. The molecule has 0 spiro atoms. The first-order valence-electron chi connectivity index (χ1n) is 9.79. The summed E-state index contributed by atoms with van der Waals surface area (Å²) in [5.74, 6) is 0.785. The Morgan fingerprint density at radius 1 is 1.23 bits per heavy atom. The summed E-state index contributed by atoms with van der Waals surface area (Å²) in [6, 6.07) is 5.80. The van der Waals surface area contributed by atoms with Crippen molar-refractivity contribution < 1.29 is 22.4 Å². The molecule has 30 heavy (non-hydrogen) atoms. The number of methoxy groups -OCH3 is 1. The molecule has 0 radical (unpaired) electrons. The number of nitrogens with one attached hydrogen (secondary N) is 1. The predicted octanol–water partition coefficient (Wildman–Crippen LogP) is 2.99. The number of ether oxygens (including phenoxy) is 1. The van der Waals surface area contributed by atoms with E-state index in [1.807, 2.05) is 13.0 Å². The van der Waals surface area contributed by atoms with Gasteiger partial charge in [0.1, 0.15) is 12.0 Å². The van der Waals surface area contributed by atoms with E-state index in [-0.39, 0.29) is 17.9 Å². The Labute approximate surface area is 173 Å². The first-order chi connectivity index (χ1) is 14.4. The molecule has 7 nitrogen and oxygen atoms in total. The van der Waals surface area contributed by atoms with Crippen molar-refractivity contribution in [1.82, 2.24) is 20.3 Å². The highest BCUT2D eigenvalue weighted by molar-refractivity contribution is 5.80. The lowest BCUT2D eigenvalue weighted by atomic mass is 10.1. The lowest BCUT2D eigenvalue weighted by Crippen LogP contribution is -2.52. The molecule has 1 aliphatic heterocycles. The first-order valence-corrected chi connectivity index (χ1v) is 9.79. The Balaban J connectivity index is 1.68. The number of guanidine groups is 1. The third-order valence-electron chi connectivity index (χ3n) is 4.91. The van der Waals surface area contributed by atoms with Gasteiger partial charge in [-0.1, -0.05) is 11.2 Å². The van der Waals surface area contributed by atoms with Crippen molar-refractivity contribution in [2.45, 2.75) is 26.2 Å². The lowest BCUT2D eigenvalue weighted by molar-refractivity contribution is -0.138. The van der Waals surface area contributed by atoms with Crippen LogP contribution in [-0.4, -0.2) is 60.7 Å². The number of benzene rings is 1. The fourth-order valence-electron chi connectivity index (χ4n) is 3.34. The van der Waals surface area contributed by atoms with E-state index in [9.17, 15) is 13.2 Å². The third-order valence-corrected chi connectivity index (χ3v) is 4.91. The molecule has 2 heterocycles. The molecule has 0 amide bonds. The Kier molecular flexibility index (Phi) is 7.20. The van der Waals surface area contributed by atoms with Crippen LogP contribution in [0, 0.1) is 0 Å². The number of nitrogens with zero attached hydrogens (tertiary/aromatic N) is 4. The molecule has 1 saturated heterocycles. The van der Waals surface area contributed by atoms with Gasteiger partial charge in [-0.2, -0.15) is 13.2 Å². The lowest BCUT2D eigenvalue weighted by Gasteiger charge is -2.36. The molecule has 1 aliphatic rings. The van der Waals surface area contributed by atoms with Crippen LogP contribution in [0.3, 0.4) is 0 Å². The average molecular weight is 425 g/mol. The van der Waals surface area contributed by atoms with Gasteiger partial charge in [0.2, 0.25) is 0 Å². The van der Waals surface area contributed by atoms with Crippen LogP contribution in [0.2, 0.25) is 0 Å². The third kappa shape index (κ3) is 5.65. The van der Waals surface area contributed by atoms with Crippen molar-refractivity contribution in [1.29, 1.82) is 0 Å². The second-order valence-corrected chi connectivity index (χ2v) is 6.94. The van der Waals surface area contributed by atoms with Gasteiger partial charge in [0.05, 0.1) is 24.9 Å². The van der Waals surface area contributed by atoms with Crippen LogP contribution in [0.15, 0.2) is 40.0 Å². The molecule has 1 aromatic carbocycles. The van der Waals surface area contributed by atoms with E-state index >= 15 is 0 Å². The van der Waals surface area contributed by atoms with Gasteiger partial charge in [-0.25, -0.2) is 4.99 Å². The fourth-order valence-corrected chi connectivity index (χ4v) is 3.34. The SMILES string of the molecule is CCNC(=NCc1ccc(OC)cc1C(F)(F)F)N1CCN(Cc2ccon2)CC1. The van der Waals surface area contributed by atoms with E-state index in [4.69, 9.17) is 9.26 Å². The highest BCUT2D eigenvalue weighted by Crippen LogP contribution is 2.34. The highest BCUT2D eigenvalue weighted by Gasteiger charge is 2.33. The molecule has 10 heteroatoms. The van der Waals surface area contributed by atoms with E-state index in [1.165, 1.54) is 19.2 Å². The number of hydrogen-bond donors (Lipinski definition) is 1. The maximum atomic E-state index is 13.4.